The number of rotatable bonds is 8. The first-order chi connectivity index (χ1) is 13.6. The molecule has 0 aliphatic rings. The third-order valence-electron chi connectivity index (χ3n) is 4.33. The van der Waals surface area contributed by atoms with Gasteiger partial charge in [0.15, 0.2) is 9.84 Å². The fourth-order valence-electron chi connectivity index (χ4n) is 2.89. The Balaban J connectivity index is 2.07. The van der Waals surface area contributed by atoms with Gasteiger partial charge in [-0.2, -0.15) is 0 Å². The third-order valence-corrected chi connectivity index (χ3v) is 5.77. The number of urea groups is 1. The van der Waals surface area contributed by atoms with Crippen LogP contribution in [0.25, 0.3) is 0 Å². The molecule has 9 heteroatoms. The summed E-state index contributed by atoms with van der Waals surface area (Å²) in [4.78, 5) is 14.3. The van der Waals surface area contributed by atoms with Gasteiger partial charge in [-0.1, -0.05) is 41.9 Å². The summed E-state index contributed by atoms with van der Waals surface area (Å²) in [6.45, 7) is 0.768. The van der Waals surface area contributed by atoms with Crippen LogP contribution in [0.4, 0.5) is 10.5 Å². The van der Waals surface area contributed by atoms with Crippen molar-refractivity contribution in [2.45, 2.75) is 11.0 Å². The molecule has 0 fully saturated rings. The highest BCUT2D eigenvalue weighted by molar-refractivity contribution is 7.90. The number of aliphatic hydroxyl groups excluding tert-OH is 1. The van der Waals surface area contributed by atoms with E-state index >= 15 is 0 Å². The maximum absolute atomic E-state index is 12.3. The van der Waals surface area contributed by atoms with Crippen molar-refractivity contribution < 1.29 is 18.3 Å². The number of amides is 2. The maximum atomic E-state index is 12.3. The molecular weight excluding hydrogens is 414 g/mol. The number of hydrogen-bond donors (Lipinski definition) is 3. The van der Waals surface area contributed by atoms with Crippen LogP contribution in [0, 0.1) is 5.92 Å². The van der Waals surface area contributed by atoms with Crippen molar-refractivity contribution in [2.24, 2.45) is 5.92 Å². The number of aliphatic hydroxyl groups is 1. The highest BCUT2D eigenvalue weighted by Gasteiger charge is 2.22. The Morgan fingerprint density at radius 3 is 2.41 bits per heavy atom. The van der Waals surface area contributed by atoms with Crippen LogP contribution < -0.4 is 10.6 Å². The van der Waals surface area contributed by atoms with E-state index in [1.54, 1.807) is 0 Å². The highest BCUT2D eigenvalue weighted by Crippen LogP contribution is 2.25. The summed E-state index contributed by atoms with van der Waals surface area (Å²) in [5, 5.41) is 16.2. The number of hydrogen-bond acceptors (Lipinski definition) is 5. The lowest BCUT2D eigenvalue weighted by molar-refractivity contribution is 0.0911. The molecule has 2 amide bonds. The lowest BCUT2D eigenvalue weighted by atomic mass is 9.95. The second-order valence-corrected chi connectivity index (χ2v) is 9.55. The molecule has 7 nitrogen and oxygen atoms in total. The molecule has 2 atom stereocenters. The van der Waals surface area contributed by atoms with Crippen LogP contribution in [0.5, 0.6) is 0 Å². The first-order valence-corrected chi connectivity index (χ1v) is 11.3. The lowest BCUT2D eigenvalue weighted by Crippen LogP contribution is -2.39. The van der Waals surface area contributed by atoms with Crippen molar-refractivity contribution in [1.29, 1.82) is 0 Å². The minimum Gasteiger partial charge on any atom is -0.388 e. The molecule has 0 aliphatic heterocycles. The van der Waals surface area contributed by atoms with Crippen LogP contribution in [0.3, 0.4) is 0 Å². The number of anilines is 1. The Morgan fingerprint density at radius 2 is 1.83 bits per heavy atom. The van der Waals surface area contributed by atoms with Gasteiger partial charge in [-0.25, -0.2) is 13.2 Å². The average molecular weight is 440 g/mol. The smallest absolute Gasteiger partial charge is 0.319 e. The molecule has 29 heavy (non-hydrogen) atoms. The summed E-state index contributed by atoms with van der Waals surface area (Å²) >= 11 is 6.07. The molecule has 3 N–H and O–H groups in total. The second kappa shape index (κ2) is 10.1. The molecule has 2 aromatic carbocycles. The van der Waals surface area contributed by atoms with E-state index in [0.717, 1.165) is 11.8 Å². The van der Waals surface area contributed by atoms with Crippen LogP contribution in [0.2, 0.25) is 5.02 Å². The SMILES string of the molecule is CN(C)C[C@H](CNC(=O)Nc1cc(S(C)(=O)=O)ccc1Cl)[C@@H](O)c1ccccc1. The molecule has 0 saturated carbocycles. The van der Waals surface area contributed by atoms with Crippen molar-refractivity contribution >= 4 is 33.2 Å². The Morgan fingerprint density at radius 1 is 1.17 bits per heavy atom. The highest BCUT2D eigenvalue weighted by atomic mass is 35.5. The zero-order valence-corrected chi connectivity index (χ0v) is 18.2. The van der Waals surface area contributed by atoms with Crippen molar-refractivity contribution in [2.75, 3.05) is 38.8 Å². The van der Waals surface area contributed by atoms with Crippen LogP contribution in [-0.4, -0.2) is 57.9 Å². The Labute approximate surface area is 176 Å². The van der Waals surface area contributed by atoms with Gasteiger partial charge < -0.3 is 20.6 Å². The zero-order valence-electron chi connectivity index (χ0n) is 16.6. The van der Waals surface area contributed by atoms with Gasteiger partial charge in [0.25, 0.3) is 0 Å². The van der Waals surface area contributed by atoms with Gasteiger partial charge in [0.1, 0.15) is 0 Å². The number of carbonyl (C=O) groups is 1. The van der Waals surface area contributed by atoms with Gasteiger partial charge in [-0.15, -0.1) is 0 Å². The van der Waals surface area contributed by atoms with Gasteiger partial charge in [-0.05, 0) is 37.9 Å². The molecule has 0 bridgehead atoms. The minimum atomic E-state index is -3.43. The Bertz CT molecular complexity index is 936. The summed E-state index contributed by atoms with van der Waals surface area (Å²) in [7, 11) is 0.352. The first kappa shape index (κ1) is 23.2. The molecule has 2 rings (SSSR count). The van der Waals surface area contributed by atoms with Gasteiger partial charge in [-0.3, -0.25) is 0 Å². The summed E-state index contributed by atoms with van der Waals surface area (Å²) in [6, 6.07) is 12.8. The van der Waals surface area contributed by atoms with Crippen LogP contribution in [-0.2, 0) is 9.84 Å². The van der Waals surface area contributed by atoms with E-state index in [-0.39, 0.29) is 28.1 Å². The monoisotopic (exact) mass is 439 g/mol. The van der Waals surface area contributed by atoms with E-state index < -0.39 is 22.0 Å². The normalized spacial score (nSPS) is 13.7. The van der Waals surface area contributed by atoms with E-state index in [1.165, 1.54) is 18.2 Å². The molecule has 0 aliphatic carbocycles. The molecule has 0 saturated heterocycles. The van der Waals surface area contributed by atoms with Crippen molar-refractivity contribution in [3.8, 4) is 0 Å². The number of nitrogens with one attached hydrogen (secondary N) is 2. The molecule has 0 aromatic heterocycles. The topological polar surface area (TPSA) is 98.7 Å². The van der Waals surface area contributed by atoms with Crippen molar-refractivity contribution in [1.82, 2.24) is 10.2 Å². The average Bonchev–Trinajstić information content (AvgIpc) is 2.65. The molecule has 0 heterocycles. The molecule has 2 aromatic rings. The maximum Gasteiger partial charge on any atom is 0.319 e. The predicted molar refractivity (Wildman–Crippen MR) is 115 cm³/mol. The summed E-state index contributed by atoms with van der Waals surface area (Å²) in [5.41, 5.74) is 0.963. The molecule has 0 spiro atoms. The van der Waals surface area contributed by atoms with E-state index in [1.807, 2.05) is 49.3 Å². The van der Waals surface area contributed by atoms with Crippen LogP contribution in [0.15, 0.2) is 53.4 Å². The summed E-state index contributed by atoms with van der Waals surface area (Å²) < 4.78 is 23.4. The number of nitrogens with zero attached hydrogens (tertiary/aromatic N) is 1. The largest absolute Gasteiger partial charge is 0.388 e. The van der Waals surface area contributed by atoms with E-state index in [0.29, 0.717) is 6.54 Å². The molecule has 0 unspecified atom stereocenters. The Kier molecular flexibility index (Phi) is 8.04. The van der Waals surface area contributed by atoms with E-state index in [9.17, 15) is 18.3 Å². The fraction of sp³-hybridized carbons (Fsp3) is 0.350. The Hall–Kier alpha value is -2.13. The molecule has 0 radical (unpaired) electrons. The van der Waals surface area contributed by atoms with Gasteiger partial charge in [0, 0.05) is 25.3 Å². The van der Waals surface area contributed by atoms with Gasteiger partial charge in [0.2, 0.25) is 0 Å². The molecular formula is C20H26ClN3O4S. The second-order valence-electron chi connectivity index (χ2n) is 7.13. The fourth-order valence-corrected chi connectivity index (χ4v) is 3.70. The number of halogens is 1. The zero-order chi connectivity index (χ0) is 21.6. The van der Waals surface area contributed by atoms with Crippen LogP contribution >= 0.6 is 11.6 Å². The predicted octanol–water partition coefficient (Wildman–Crippen LogP) is 2.78. The number of carbonyl (C=O) groups excluding carboxylic acids is 1. The lowest BCUT2D eigenvalue weighted by Gasteiger charge is -2.26. The quantitative estimate of drug-likeness (QED) is 0.587. The summed E-state index contributed by atoms with van der Waals surface area (Å²) in [5.74, 6) is -0.254. The first-order valence-electron chi connectivity index (χ1n) is 9.00. The van der Waals surface area contributed by atoms with Crippen molar-refractivity contribution in [3.05, 3.63) is 59.1 Å². The minimum absolute atomic E-state index is 0.0576. The van der Waals surface area contributed by atoms with E-state index in [4.69, 9.17) is 11.6 Å². The van der Waals surface area contributed by atoms with Gasteiger partial charge in [0.05, 0.1) is 21.7 Å². The third kappa shape index (κ3) is 7.01. The van der Waals surface area contributed by atoms with Gasteiger partial charge >= 0.3 is 6.03 Å². The standard InChI is InChI=1S/C20H26ClN3O4S/c1-24(2)13-15(19(25)14-7-5-4-6-8-14)12-22-20(26)23-18-11-16(29(3,27)28)9-10-17(18)21/h4-11,15,19,25H,12-13H2,1-3H3,(H2,22,23,26)/t15-,19-/m0/s1. The number of benzene rings is 2. The molecule has 158 valence electrons. The van der Waals surface area contributed by atoms with E-state index in [2.05, 4.69) is 10.6 Å². The summed E-state index contributed by atoms with van der Waals surface area (Å²) in [6.07, 6.45) is 0.327. The number of sulfone groups is 1. The van der Waals surface area contributed by atoms with Crippen molar-refractivity contribution in [3.63, 3.8) is 0 Å². The van der Waals surface area contributed by atoms with Crippen LogP contribution in [0.1, 0.15) is 11.7 Å².